The lowest BCUT2D eigenvalue weighted by atomic mass is 10.1. The largest absolute Gasteiger partial charge is 0.507 e. The minimum absolute atomic E-state index is 0.0669. The van der Waals surface area contributed by atoms with Crippen molar-refractivity contribution in [1.82, 2.24) is 9.97 Å². The third-order valence-corrected chi connectivity index (χ3v) is 2.34. The number of nitro benzene ring substituents is 1. The summed E-state index contributed by atoms with van der Waals surface area (Å²) < 4.78 is 0. The Bertz CT molecular complexity index is 689. The summed E-state index contributed by atoms with van der Waals surface area (Å²) >= 11 is 0. The number of benzene rings is 1. The number of aromatic nitrogens is 2. The smallest absolute Gasteiger partial charge is 0.269 e. The van der Waals surface area contributed by atoms with E-state index in [1.54, 1.807) is 0 Å². The summed E-state index contributed by atoms with van der Waals surface area (Å²) in [5.41, 5.74) is -0.0161. The third-order valence-electron chi connectivity index (χ3n) is 2.34. The Balaban J connectivity index is 2.31. The van der Waals surface area contributed by atoms with Crippen molar-refractivity contribution in [3.8, 4) is 0 Å². The van der Waals surface area contributed by atoms with E-state index < -0.39 is 4.92 Å². The fraction of sp³-hybridized carbons (Fsp3) is 0. The zero-order chi connectivity index (χ0) is 13.8. The van der Waals surface area contributed by atoms with Gasteiger partial charge in [0.05, 0.1) is 4.92 Å². The van der Waals surface area contributed by atoms with E-state index in [0.717, 1.165) is 0 Å². The summed E-state index contributed by atoms with van der Waals surface area (Å²) in [6, 6.07) is 6.62. The lowest BCUT2D eigenvalue weighted by Crippen LogP contribution is -2.06. The highest BCUT2D eigenvalue weighted by atomic mass is 16.6. The molecule has 2 N–H and O–H groups in total. The van der Waals surface area contributed by atoms with Gasteiger partial charge < -0.3 is 10.1 Å². The molecule has 0 aliphatic heterocycles. The summed E-state index contributed by atoms with van der Waals surface area (Å²) in [6.45, 7) is 0. The molecule has 0 bridgehead atoms. The Morgan fingerprint density at radius 1 is 1.32 bits per heavy atom. The molecule has 7 heteroatoms. The molecule has 0 fully saturated rings. The number of hydrogen-bond donors (Lipinski definition) is 2. The van der Waals surface area contributed by atoms with Crippen LogP contribution in [0.1, 0.15) is 11.4 Å². The van der Waals surface area contributed by atoms with Crippen LogP contribution in [-0.4, -0.2) is 20.0 Å². The normalized spacial score (nSPS) is 11.3. The van der Waals surface area contributed by atoms with E-state index in [9.17, 15) is 20.0 Å². The highest BCUT2D eigenvalue weighted by molar-refractivity contribution is 5.74. The van der Waals surface area contributed by atoms with Crippen molar-refractivity contribution in [1.29, 1.82) is 0 Å². The van der Waals surface area contributed by atoms with Crippen molar-refractivity contribution in [2.75, 3.05) is 0 Å². The van der Waals surface area contributed by atoms with Crippen LogP contribution >= 0.6 is 0 Å². The Labute approximate surface area is 107 Å². The maximum Gasteiger partial charge on any atom is 0.269 e. The molecule has 0 atom stereocenters. The van der Waals surface area contributed by atoms with Gasteiger partial charge in [-0.05, 0) is 12.1 Å². The van der Waals surface area contributed by atoms with Gasteiger partial charge in [0.15, 0.2) is 0 Å². The van der Waals surface area contributed by atoms with E-state index in [2.05, 4.69) is 9.97 Å². The molecule has 1 aromatic heterocycles. The highest BCUT2D eigenvalue weighted by Crippen LogP contribution is 2.17. The number of H-pyrrole nitrogens is 1. The first kappa shape index (κ1) is 12.5. The molecule has 0 saturated carbocycles. The van der Waals surface area contributed by atoms with Crippen LogP contribution in [-0.2, 0) is 0 Å². The van der Waals surface area contributed by atoms with Gasteiger partial charge in [0.1, 0.15) is 11.6 Å². The Kier molecular flexibility index (Phi) is 3.37. The van der Waals surface area contributed by atoms with Gasteiger partial charge in [-0.2, -0.15) is 0 Å². The first-order chi connectivity index (χ1) is 9.06. The van der Waals surface area contributed by atoms with Gasteiger partial charge >= 0.3 is 0 Å². The highest BCUT2D eigenvalue weighted by Gasteiger charge is 2.06. The van der Waals surface area contributed by atoms with Crippen molar-refractivity contribution in [3.63, 3.8) is 0 Å². The molecule has 96 valence electrons. The zero-order valence-corrected chi connectivity index (χ0v) is 9.61. The summed E-state index contributed by atoms with van der Waals surface area (Å²) in [5.74, 6) is 0.0487. The number of non-ortho nitro benzene ring substituents is 1. The second kappa shape index (κ2) is 5.13. The molecule has 0 radical (unpaired) electrons. The van der Waals surface area contributed by atoms with Crippen LogP contribution < -0.4 is 5.56 Å². The third kappa shape index (κ3) is 3.03. The first-order valence-electron chi connectivity index (χ1n) is 5.27. The molecule has 1 heterocycles. The Morgan fingerprint density at radius 2 is 2.00 bits per heavy atom. The standard InChI is InChI=1S/C12H9N3O4/c16-10(7-11-13-6-5-12(17)14-11)8-1-3-9(4-2-8)15(18)19/h1-7,16H,(H,13,14,17)/b10-7-. The SMILES string of the molecule is O=c1ccnc(/C=C(\O)c2ccc([N+](=O)[O-])cc2)[nH]1. The topological polar surface area (TPSA) is 109 Å². The van der Waals surface area contributed by atoms with Crippen LogP contribution in [0.15, 0.2) is 41.3 Å². The van der Waals surface area contributed by atoms with Crippen LogP contribution in [0.3, 0.4) is 0 Å². The molecule has 2 rings (SSSR count). The molecular formula is C12H9N3O4. The predicted octanol–water partition coefficient (Wildman–Crippen LogP) is 1.73. The van der Waals surface area contributed by atoms with Crippen LogP contribution in [0.4, 0.5) is 5.69 Å². The summed E-state index contributed by atoms with van der Waals surface area (Å²) in [5, 5.41) is 20.3. The van der Waals surface area contributed by atoms with Crippen molar-refractivity contribution in [2.45, 2.75) is 0 Å². The average molecular weight is 259 g/mol. The summed E-state index contributed by atoms with van der Waals surface area (Å²) in [7, 11) is 0. The lowest BCUT2D eigenvalue weighted by Gasteiger charge is -2.00. The van der Waals surface area contributed by atoms with E-state index in [1.807, 2.05) is 0 Å². The van der Waals surface area contributed by atoms with Crippen LogP contribution in [0.2, 0.25) is 0 Å². The second-order valence-electron chi connectivity index (χ2n) is 3.65. The maximum absolute atomic E-state index is 11.0. The fourth-order valence-electron chi connectivity index (χ4n) is 1.43. The Morgan fingerprint density at radius 3 is 2.58 bits per heavy atom. The number of rotatable bonds is 3. The number of nitrogens with one attached hydrogen (secondary N) is 1. The van der Waals surface area contributed by atoms with E-state index in [4.69, 9.17) is 0 Å². The van der Waals surface area contributed by atoms with Crippen LogP contribution in [0.5, 0.6) is 0 Å². The second-order valence-corrected chi connectivity index (χ2v) is 3.65. The number of nitrogens with zero attached hydrogens (tertiary/aromatic N) is 2. The quantitative estimate of drug-likeness (QED) is 0.495. The van der Waals surface area contributed by atoms with Gasteiger partial charge in [-0.15, -0.1) is 0 Å². The van der Waals surface area contributed by atoms with Gasteiger partial charge in [0.25, 0.3) is 11.2 Å². The van der Waals surface area contributed by atoms with Gasteiger partial charge in [-0.25, -0.2) is 4.98 Å². The molecule has 0 aliphatic rings. The minimum Gasteiger partial charge on any atom is -0.507 e. The lowest BCUT2D eigenvalue weighted by molar-refractivity contribution is -0.384. The molecule has 19 heavy (non-hydrogen) atoms. The molecule has 1 aromatic carbocycles. The van der Waals surface area contributed by atoms with Crippen LogP contribution in [0, 0.1) is 10.1 Å². The molecule has 0 saturated heterocycles. The summed E-state index contributed by atoms with van der Waals surface area (Å²) in [4.78, 5) is 27.3. The average Bonchev–Trinajstić information content (AvgIpc) is 2.39. The molecule has 0 aliphatic carbocycles. The van der Waals surface area contributed by atoms with E-state index >= 15 is 0 Å². The zero-order valence-electron chi connectivity index (χ0n) is 9.61. The predicted molar refractivity (Wildman–Crippen MR) is 68.5 cm³/mol. The van der Waals surface area contributed by atoms with Crippen molar-refractivity contribution >= 4 is 17.5 Å². The van der Waals surface area contributed by atoms with Crippen molar-refractivity contribution < 1.29 is 10.0 Å². The minimum atomic E-state index is -0.527. The van der Waals surface area contributed by atoms with Gasteiger partial charge in [0, 0.05) is 36.0 Å². The van der Waals surface area contributed by atoms with E-state index in [-0.39, 0.29) is 22.8 Å². The van der Waals surface area contributed by atoms with Crippen molar-refractivity contribution in [3.05, 3.63) is 68.4 Å². The van der Waals surface area contributed by atoms with E-state index in [0.29, 0.717) is 5.56 Å². The molecular weight excluding hydrogens is 250 g/mol. The molecule has 7 nitrogen and oxygen atoms in total. The van der Waals surface area contributed by atoms with Gasteiger partial charge in [-0.1, -0.05) is 0 Å². The van der Waals surface area contributed by atoms with E-state index in [1.165, 1.54) is 42.6 Å². The van der Waals surface area contributed by atoms with Crippen molar-refractivity contribution in [2.24, 2.45) is 0 Å². The van der Waals surface area contributed by atoms with Crippen LogP contribution in [0.25, 0.3) is 11.8 Å². The number of hydrogen-bond acceptors (Lipinski definition) is 5. The summed E-state index contributed by atoms with van der Waals surface area (Å²) in [6.07, 6.45) is 2.58. The molecule has 0 unspecified atom stereocenters. The Hall–Kier alpha value is -2.96. The van der Waals surface area contributed by atoms with Gasteiger partial charge in [0.2, 0.25) is 0 Å². The number of aromatic amines is 1. The molecule has 0 spiro atoms. The number of aliphatic hydroxyl groups excluding tert-OH is 1. The number of nitro groups is 1. The van der Waals surface area contributed by atoms with Gasteiger partial charge in [-0.3, -0.25) is 14.9 Å². The first-order valence-corrected chi connectivity index (χ1v) is 5.27. The monoisotopic (exact) mass is 259 g/mol. The number of aliphatic hydroxyl groups is 1. The maximum atomic E-state index is 11.0. The molecule has 0 amide bonds. The molecule has 2 aromatic rings. The fourth-order valence-corrected chi connectivity index (χ4v) is 1.43.